The molecule has 0 unspecified atom stereocenters. The third-order valence-electron chi connectivity index (χ3n) is 4.95. The molecule has 0 atom stereocenters. The van der Waals surface area contributed by atoms with Crippen molar-refractivity contribution in [2.24, 2.45) is 5.92 Å². The molecule has 0 aliphatic carbocycles. The lowest BCUT2D eigenvalue weighted by Gasteiger charge is -2.30. The summed E-state index contributed by atoms with van der Waals surface area (Å²) in [6.45, 7) is 3.46. The van der Waals surface area contributed by atoms with Crippen molar-refractivity contribution >= 4 is 27.5 Å². The molecule has 156 valence electrons. The van der Waals surface area contributed by atoms with Crippen LogP contribution in [-0.4, -0.2) is 38.3 Å². The number of nitrogens with zero attached hydrogens (tertiary/aromatic N) is 1. The van der Waals surface area contributed by atoms with Crippen LogP contribution in [0.15, 0.2) is 53.4 Å². The third-order valence-corrected chi connectivity index (χ3v) is 7.10. The molecule has 8 heteroatoms. The molecule has 3 rings (SSSR count). The Morgan fingerprint density at radius 1 is 1.17 bits per heavy atom. The second-order valence-corrected chi connectivity index (χ2v) is 9.30. The highest BCUT2D eigenvalue weighted by atomic mass is 35.5. The first kappa shape index (κ1) is 21.6. The maximum atomic E-state index is 12.8. The molecule has 0 bridgehead atoms. The van der Waals surface area contributed by atoms with E-state index in [1.54, 1.807) is 30.3 Å². The van der Waals surface area contributed by atoms with E-state index in [2.05, 4.69) is 5.32 Å². The molecule has 1 N–H and O–H groups in total. The van der Waals surface area contributed by atoms with E-state index >= 15 is 0 Å². The molecule has 2 aromatic carbocycles. The summed E-state index contributed by atoms with van der Waals surface area (Å²) in [4.78, 5) is 12.7. The van der Waals surface area contributed by atoms with Crippen molar-refractivity contribution in [3.63, 3.8) is 0 Å². The Morgan fingerprint density at radius 2 is 1.86 bits per heavy atom. The summed E-state index contributed by atoms with van der Waals surface area (Å²) in [5.41, 5.74) is 0.932. The summed E-state index contributed by atoms with van der Waals surface area (Å²) < 4.78 is 32.5. The second-order valence-electron chi connectivity index (χ2n) is 6.93. The molecule has 1 fully saturated rings. The maximum Gasteiger partial charge on any atom is 0.243 e. The first-order valence-corrected chi connectivity index (χ1v) is 11.5. The van der Waals surface area contributed by atoms with E-state index in [1.807, 2.05) is 25.1 Å². The Kier molecular flexibility index (Phi) is 7.16. The van der Waals surface area contributed by atoms with Crippen molar-refractivity contribution in [2.45, 2.75) is 31.2 Å². The van der Waals surface area contributed by atoms with E-state index < -0.39 is 10.0 Å². The van der Waals surface area contributed by atoms with Crippen LogP contribution in [0.4, 0.5) is 0 Å². The van der Waals surface area contributed by atoms with Gasteiger partial charge in [-0.3, -0.25) is 4.79 Å². The number of hydrogen-bond donors (Lipinski definition) is 1. The van der Waals surface area contributed by atoms with E-state index in [9.17, 15) is 13.2 Å². The molecule has 1 saturated heterocycles. The summed E-state index contributed by atoms with van der Waals surface area (Å²) in [5.74, 6) is 0.394. The van der Waals surface area contributed by atoms with Crippen LogP contribution in [0.3, 0.4) is 0 Å². The zero-order valence-electron chi connectivity index (χ0n) is 16.3. The van der Waals surface area contributed by atoms with Gasteiger partial charge in [0.05, 0.1) is 11.5 Å². The quantitative estimate of drug-likeness (QED) is 0.721. The summed E-state index contributed by atoms with van der Waals surface area (Å²) in [6.07, 6.45) is 0.995. The Hall–Kier alpha value is -2.09. The van der Waals surface area contributed by atoms with Crippen LogP contribution in [0, 0.1) is 5.92 Å². The smallest absolute Gasteiger partial charge is 0.243 e. The van der Waals surface area contributed by atoms with Gasteiger partial charge in [0, 0.05) is 30.6 Å². The first-order chi connectivity index (χ1) is 13.9. The number of benzene rings is 2. The van der Waals surface area contributed by atoms with E-state index in [0.717, 1.165) is 5.56 Å². The minimum Gasteiger partial charge on any atom is -0.494 e. The molecule has 6 nitrogen and oxygen atoms in total. The minimum atomic E-state index is -3.57. The Balaban J connectivity index is 1.54. The van der Waals surface area contributed by atoms with Crippen molar-refractivity contribution in [3.05, 3.63) is 59.1 Å². The number of carbonyl (C=O) groups excluding carboxylic acids is 1. The largest absolute Gasteiger partial charge is 0.494 e. The summed E-state index contributed by atoms with van der Waals surface area (Å²) in [6, 6.07) is 13.8. The van der Waals surface area contributed by atoms with Crippen molar-refractivity contribution in [1.82, 2.24) is 9.62 Å². The number of amides is 1. The van der Waals surface area contributed by atoms with E-state index in [4.69, 9.17) is 16.3 Å². The molecule has 0 spiro atoms. The summed E-state index contributed by atoms with van der Waals surface area (Å²) >= 11 is 5.96. The topological polar surface area (TPSA) is 75.7 Å². The number of halogens is 1. The Bertz CT molecular complexity index is 939. The highest BCUT2D eigenvalue weighted by Crippen LogP contribution is 2.25. The van der Waals surface area contributed by atoms with Crippen LogP contribution in [-0.2, 0) is 21.4 Å². The number of piperidine rings is 1. The number of sulfonamides is 1. The van der Waals surface area contributed by atoms with Gasteiger partial charge in [-0.05, 0) is 61.7 Å². The van der Waals surface area contributed by atoms with Crippen LogP contribution in [0.2, 0.25) is 5.02 Å². The van der Waals surface area contributed by atoms with Gasteiger partial charge >= 0.3 is 0 Å². The average molecular weight is 437 g/mol. The molecule has 1 amide bonds. The van der Waals surface area contributed by atoms with Gasteiger partial charge in [0.25, 0.3) is 0 Å². The van der Waals surface area contributed by atoms with Crippen LogP contribution < -0.4 is 10.1 Å². The fourth-order valence-corrected chi connectivity index (χ4v) is 5.04. The molecule has 1 aliphatic rings. The van der Waals surface area contributed by atoms with Crippen LogP contribution >= 0.6 is 11.6 Å². The fraction of sp³-hybridized carbons (Fsp3) is 0.381. The Morgan fingerprint density at radius 3 is 2.48 bits per heavy atom. The van der Waals surface area contributed by atoms with Gasteiger partial charge < -0.3 is 10.1 Å². The molecule has 2 aromatic rings. The number of rotatable bonds is 7. The van der Waals surface area contributed by atoms with Crippen LogP contribution in [0.1, 0.15) is 25.3 Å². The van der Waals surface area contributed by atoms with Gasteiger partial charge in [-0.2, -0.15) is 4.31 Å². The van der Waals surface area contributed by atoms with Crippen molar-refractivity contribution in [3.8, 4) is 5.75 Å². The molecular weight excluding hydrogens is 412 g/mol. The third kappa shape index (κ3) is 5.50. The SMILES string of the molecule is CCOc1ccc(S(=O)(=O)N2CCC(C(=O)NCc3cccc(Cl)c3)CC2)cc1. The number of nitrogens with one attached hydrogen (secondary N) is 1. The number of carbonyl (C=O) groups is 1. The highest BCUT2D eigenvalue weighted by molar-refractivity contribution is 7.89. The minimum absolute atomic E-state index is 0.0527. The number of ether oxygens (including phenoxy) is 1. The maximum absolute atomic E-state index is 12.8. The molecule has 0 radical (unpaired) electrons. The molecule has 29 heavy (non-hydrogen) atoms. The van der Waals surface area contributed by atoms with E-state index in [1.165, 1.54) is 4.31 Å². The van der Waals surface area contributed by atoms with Gasteiger partial charge in [-0.25, -0.2) is 8.42 Å². The summed E-state index contributed by atoms with van der Waals surface area (Å²) in [7, 11) is -3.57. The zero-order chi connectivity index (χ0) is 20.9. The van der Waals surface area contributed by atoms with Gasteiger partial charge in [0.1, 0.15) is 5.75 Å². The van der Waals surface area contributed by atoms with Crippen molar-refractivity contribution in [1.29, 1.82) is 0 Å². The lowest BCUT2D eigenvalue weighted by atomic mass is 9.97. The number of hydrogen-bond acceptors (Lipinski definition) is 4. The van der Waals surface area contributed by atoms with Crippen molar-refractivity contribution in [2.75, 3.05) is 19.7 Å². The fourth-order valence-electron chi connectivity index (χ4n) is 3.36. The average Bonchev–Trinajstić information content (AvgIpc) is 2.73. The van der Waals surface area contributed by atoms with Gasteiger partial charge in [-0.15, -0.1) is 0 Å². The Labute approximate surface area is 176 Å². The highest BCUT2D eigenvalue weighted by Gasteiger charge is 2.32. The van der Waals surface area contributed by atoms with Gasteiger partial charge in [0.15, 0.2) is 0 Å². The zero-order valence-corrected chi connectivity index (χ0v) is 17.9. The van der Waals surface area contributed by atoms with Crippen LogP contribution in [0.25, 0.3) is 0 Å². The van der Waals surface area contributed by atoms with Gasteiger partial charge in [0.2, 0.25) is 15.9 Å². The standard InChI is InChI=1S/C21H25ClN2O4S/c1-2-28-19-6-8-20(9-7-19)29(26,27)24-12-10-17(11-13-24)21(25)23-15-16-4-3-5-18(22)14-16/h3-9,14,17H,2,10-13,15H2,1H3,(H,23,25). The van der Waals surface area contributed by atoms with Gasteiger partial charge in [-0.1, -0.05) is 23.7 Å². The normalized spacial score (nSPS) is 15.8. The first-order valence-electron chi connectivity index (χ1n) is 9.65. The van der Waals surface area contributed by atoms with Crippen LogP contribution in [0.5, 0.6) is 5.75 Å². The van der Waals surface area contributed by atoms with E-state index in [0.29, 0.717) is 49.9 Å². The lowest BCUT2D eigenvalue weighted by molar-refractivity contribution is -0.126. The molecule has 0 saturated carbocycles. The lowest BCUT2D eigenvalue weighted by Crippen LogP contribution is -2.42. The predicted molar refractivity (Wildman–Crippen MR) is 112 cm³/mol. The molecule has 0 aromatic heterocycles. The van der Waals surface area contributed by atoms with E-state index in [-0.39, 0.29) is 16.7 Å². The molecule has 1 aliphatic heterocycles. The monoisotopic (exact) mass is 436 g/mol. The predicted octanol–water partition coefficient (Wildman–Crippen LogP) is 3.46. The molecular formula is C21H25ClN2O4S. The second kappa shape index (κ2) is 9.61. The summed E-state index contributed by atoms with van der Waals surface area (Å²) in [5, 5.41) is 3.55. The molecule has 1 heterocycles. The van der Waals surface area contributed by atoms with Crippen molar-refractivity contribution < 1.29 is 17.9 Å².